The molecule has 3 heteroatoms. The smallest absolute Gasteiger partial charge is 0.0900 e. The van der Waals surface area contributed by atoms with Crippen LogP contribution in [-0.2, 0) is 4.74 Å². The van der Waals surface area contributed by atoms with Crippen LogP contribution in [0, 0.1) is 11.8 Å². The van der Waals surface area contributed by atoms with E-state index in [0.717, 1.165) is 31.5 Å². The molecule has 1 rings (SSSR count). The molecule has 1 N–H and O–H groups in total. The van der Waals surface area contributed by atoms with E-state index in [-0.39, 0.29) is 6.10 Å². The monoisotopic (exact) mass is 187 g/mol. The first kappa shape index (κ1) is 11.0. The molecule has 0 aromatic carbocycles. The van der Waals surface area contributed by atoms with Crippen molar-refractivity contribution in [2.75, 3.05) is 33.4 Å². The molecule has 0 spiro atoms. The second-order valence-electron chi connectivity index (χ2n) is 4.33. The molecule has 0 amide bonds. The third-order valence-electron chi connectivity index (χ3n) is 2.76. The number of hydrogen-bond acceptors (Lipinski definition) is 3. The lowest BCUT2D eigenvalue weighted by molar-refractivity contribution is -0.00697. The van der Waals surface area contributed by atoms with Crippen LogP contribution in [0.5, 0.6) is 0 Å². The standard InChI is InChI=1S/C10H21NO2/c1-8(2)9-4-11(5-9)6-10(12)7-13-3/h8-10,12H,4-7H2,1-3H3. The molecule has 0 radical (unpaired) electrons. The Bertz CT molecular complexity index is 144. The van der Waals surface area contributed by atoms with E-state index in [2.05, 4.69) is 18.7 Å². The van der Waals surface area contributed by atoms with Gasteiger partial charge in [-0.25, -0.2) is 0 Å². The van der Waals surface area contributed by atoms with Gasteiger partial charge in [0.2, 0.25) is 0 Å². The highest BCUT2D eigenvalue weighted by molar-refractivity contribution is 4.83. The molecule has 1 aliphatic rings. The summed E-state index contributed by atoms with van der Waals surface area (Å²) in [5.74, 6) is 1.60. The van der Waals surface area contributed by atoms with Crippen LogP contribution in [0.25, 0.3) is 0 Å². The summed E-state index contributed by atoms with van der Waals surface area (Å²) in [7, 11) is 1.62. The molecule has 1 unspecified atom stereocenters. The average Bonchev–Trinajstić information content (AvgIpc) is 1.95. The van der Waals surface area contributed by atoms with Gasteiger partial charge in [0, 0.05) is 26.7 Å². The van der Waals surface area contributed by atoms with Crippen molar-refractivity contribution in [1.29, 1.82) is 0 Å². The topological polar surface area (TPSA) is 32.7 Å². The molecule has 1 aliphatic heterocycles. The van der Waals surface area contributed by atoms with Crippen LogP contribution < -0.4 is 0 Å². The molecule has 1 heterocycles. The highest BCUT2D eigenvalue weighted by Crippen LogP contribution is 2.22. The van der Waals surface area contributed by atoms with Crippen LogP contribution in [0.4, 0.5) is 0 Å². The number of aliphatic hydroxyl groups excluding tert-OH is 1. The molecule has 0 aromatic heterocycles. The summed E-state index contributed by atoms with van der Waals surface area (Å²) in [4.78, 5) is 2.29. The van der Waals surface area contributed by atoms with Gasteiger partial charge < -0.3 is 14.7 Å². The minimum absolute atomic E-state index is 0.321. The normalized spacial score (nSPS) is 21.9. The van der Waals surface area contributed by atoms with Crippen LogP contribution in [0.3, 0.4) is 0 Å². The van der Waals surface area contributed by atoms with Crippen LogP contribution >= 0.6 is 0 Å². The number of aliphatic hydroxyl groups is 1. The molecule has 78 valence electrons. The largest absolute Gasteiger partial charge is 0.389 e. The average molecular weight is 187 g/mol. The van der Waals surface area contributed by atoms with Crippen molar-refractivity contribution < 1.29 is 9.84 Å². The number of β-amino-alcohol motifs (C(OH)–C–C–N with tert-alkyl or cyclic N) is 1. The van der Waals surface area contributed by atoms with Gasteiger partial charge in [-0.2, -0.15) is 0 Å². The first-order valence-electron chi connectivity index (χ1n) is 5.02. The zero-order valence-corrected chi connectivity index (χ0v) is 8.86. The molecule has 0 aliphatic carbocycles. The van der Waals surface area contributed by atoms with Gasteiger partial charge in [0.1, 0.15) is 0 Å². The predicted molar refractivity (Wildman–Crippen MR) is 52.7 cm³/mol. The van der Waals surface area contributed by atoms with Crippen molar-refractivity contribution in [3.05, 3.63) is 0 Å². The highest BCUT2D eigenvalue weighted by Gasteiger charge is 2.29. The summed E-state index contributed by atoms with van der Waals surface area (Å²) in [5.41, 5.74) is 0. The summed E-state index contributed by atoms with van der Waals surface area (Å²) in [5, 5.41) is 9.44. The second-order valence-corrected chi connectivity index (χ2v) is 4.33. The van der Waals surface area contributed by atoms with Crippen molar-refractivity contribution in [1.82, 2.24) is 4.90 Å². The van der Waals surface area contributed by atoms with Crippen LogP contribution in [0.1, 0.15) is 13.8 Å². The molecule has 1 saturated heterocycles. The third-order valence-corrected chi connectivity index (χ3v) is 2.76. The number of likely N-dealkylation sites (tertiary alicyclic amines) is 1. The van der Waals surface area contributed by atoms with Gasteiger partial charge >= 0.3 is 0 Å². The number of methoxy groups -OCH3 is 1. The van der Waals surface area contributed by atoms with E-state index in [1.807, 2.05) is 0 Å². The molecular formula is C10H21NO2. The fourth-order valence-electron chi connectivity index (χ4n) is 1.72. The Hall–Kier alpha value is -0.120. The van der Waals surface area contributed by atoms with E-state index < -0.39 is 0 Å². The second kappa shape index (κ2) is 4.94. The summed E-state index contributed by atoms with van der Waals surface area (Å²) in [6.07, 6.45) is -0.321. The van der Waals surface area contributed by atoms with Crippen molar-refractivity contribution in [2.45, 2.75) is 20.0 Å². The quantitative estimate of drug-likeness (QED) is 0.683. The molecule has 0 bridgehead atoms. The van der Waals surface area contributed by atoms with Gasteiger partial charge in [-0.1, -0.05) is 13.8 Å². The molecule has 0 aromatic rings. The number of ether oxygens (including phenoxy) is 1. The Morgan fingerprint density at radius 1 is 1.46 bits per heavy atom. The van der Waals surface area contributed by atoms with Crippen molar-refractivity contribution in [3.8, 4) is 0 Å². The number of rotatable bonds is 5. The number of hydrogen-bond donors (Lipinski definition) is 1. The van der Waals surface area contributed by atoms with Crippen LogP contribution in [0.15, 0.2) is 0 Å². The SMILES string of the molecule is COCC(O)CN1CC(C(C)C)C1. The Labute approximate surface area is 80.7 Å². The van der Waals surface area contributed by atoms with E-state index in [0.29, 0.717) is 6.61 Å². The first-order chi connectivity index (χ1) is 6.13. The fourth-order valence-corrected chi connectivity index (χ4v) is 1.72. The van der Waals surface area contributed by atoms with Gasteiger partial charge in [-0.15, -0.1) is 0 Å². The lowest BCUT2D eigenvalue weighted by Gasteiger charge is -2.42. The Morgan fingerprint density at radius 3 is 2.54 bits per heavy atom. The highest BCUT2D eigenvalue weighted by atomic mass is 16.5. The van der Waals surface area contributed by atoms with E-state index in [9.17, 15) is 5.11 Å². The maximum Gasteiger partial charge on any atom is 0.0900 e. The lowest BCUT2D eigenvalue weighted by Crippen LogP contribution is -2.52. The van der Waals surface area contributed by atoms with Crippen LogP contribution in [0.2, 0.25) is 0 Å². The van der Waals surface area contributed by atoms with E-state index in [1.165, 1.54) is 0 Å². The van der Waals surface area contributed by atoms with Crippen molar-refractivity contribution >= 4 is 0 Å². The molecular weight excluding hydrogens is 166 g/mol. The summed E-state index contributed by atoms with van der Waals surface area (Å²) in [6.45, 7) is 8.00. The fraction of sp³-hybridized carbons (Fsp3) is 1.00. The first-order valence-corrected chi connectivity index (χ1v) is 5.02. The summed E-state index contributed by atoms with van der Waals surface area (Å²) >= 11 is 0. The number of nitrogens with zero attached hydrogens (tertiary/aromatic N) is 1. The van der Waals surface area contributed by atoms with Gasteiger partial charge in [-0.05, 0) is 11.8 Å². The minimum Gasteiger partial charge on any atom is -0.389 e. The van der Waals surface area contributed by atoms with Gasteiger partial charge in [0.15, 0.2) is 0 Å². The van der Waals surface area contributed by atoms with E-state index in [4.69, 9.17) is 4.74 Å². The maximum atomic E-state index is 9.44. The van der Waals surface area contributed by atoms with Crippen molar-refractivity contribution in [3.63, 3.8) is 0 Å². The Kier molecular flexibility index (Phi) is 4.16. The van der Waals surface area contributed by atoms with E-state index >= 15 is 0 Å². The van der Waals surface area contributed by atoms with Gasteiger partial charge in [0.25, 0.3) is 0 Å². The summed E-state index contributed by atoms with van der Waals surface area (Å²) in [6, 6.07) is 0. The Balaban J connectivity index is 2.07. The molecule has 1 fully saturated rings. The zero-order valence-electron chi connectivity index (χ0n) is 8.86. The summed E-state index contributed by atoms with van der Waals surface area (Å²) < 4.78 is 4.87. The Morgan fingerprint density at radius 2 is 2.08 bits per heavy atom. The van der Waals surface area contributed by atoms with Gasteiger partial charge in [-0.3, -0.25) is 0 Å². The lowest BCUT2D eigenvalue weighted by atomic mass is 9.88. The predicted octanol–water partition coefficient (Wildman–Crippen LogP) is 0.582. The molecule has 13 heavy (non-hydrogen) atoms. The minimum atomic E-state index is -0.321. The molecule has 1 atom stereocenters. The maximum absolute atomic E-state index is 9.44. The zero-order chi connectivity index (χ0) is 9.84. The van der Waals surface area contributed by atoms with Crippen molar-refractivity contribution in [2.24, 2.45) is 11.8 Å². The van der Waals surface area contributed by atoms with E-state index in [1.54, 1.807) is 7.11 Å². The molecule has 0 saturated carbocycles. The van der Waals surface area contributed by atoms with Crippen LogP contribution in [-0.4, -0.2) is 49.5 Å². The van der Waals surface area contributed by atoms with Gasteiger partial charge in [0.05, 0.1) is 12.7 Å². The molecule has 3 nitrogen and oxygen atoms in total. The third kappa shape index (κ3) is 3.25.